The number of aromatic nitrogens is 2. The monoisotopic (exact) mass is 404 g/mol. The van der Waals surface area contributed by atoms with Crippen LogP contribution >= 0.6 is 23.2 Å². The van der Waals surface area contributed by atoms with Crippen molar-refractivity contribution in [3.05, 3.63) is 68.4 Å². The molecule has 0 aliphatic carbocycles. The maximum absolute atomic E-state index is 12.8. The summed E-state index contributed by atoms with van der Waals surface area (Å²) in [4.78, 5) is 17.4. The van der Waals surface area contributed by atoms with Crippen molar-refractivity contribution in [1.82, 2.24) is 9.55 Å². The van der Waals surface area contributed by atoms with Crippen LogP contribution in [0.15, 0.2) is 52.4 Å². The van der Waals surface area contributed by atoms with Gasteiger partial charge in [-0.1, -0.05) is 41.4 Å². The Balaban J connectivity index is 1.95. The third kappa shape index (κ3) is 4.47. The second-order valence-corrected chi connectivity index (χ2v) is 6.58. The highest BCUT2D eigenvalue weighted by Crippen LogP contribution is 2.22. The Hall–Kier alpha value is -2.41. The van der Waals surface area contributed by atoms with Gasteiger partial charge in [0, 0.05) is 25.8 Å². The third-order valence-corrected chi connectivity index (χ3v) is 4.61. The standard InChI is InChI=1S/C19H18Cl2N4O2/c1-27-11-5-10-25-18(26)13-6-2-3-9-17(13)23-19(25)24-22-12-14-15(20)7-4-8-16(14)21/h2-4,6-9,12H,5,10-11H2,1H3,(H,23,24)/b22-12-. The van der Waals surface area contributed by atoms with Crippen molar-refractivity contribution >= 4 is 46.3 Å². The second-order valence-electron chi connectivity index (χ2n) is 5.76. The number of nitrogens with one attached hydrogen (secondary N) is 1. The Morgan fingerprint density at radius 1 is 1.19 bits per heavy atom. The Kier molecular flexibility index (Phi) is 6.45. The number of nitrogens with zero attached hydrogens (tertiary/aromatic N) is 3. The van der Waals surface area contributed by atoms with E-state index in [2.05, 4.69) is 15.5 Å². The average Bonchev–Trinajstić information content (AvgIpc) is 2.66. The van der Waals surface area contributed by atoms with Gasteiger partial charge >= 0.3 is 0 Å². The maximum atomic E-state index is 12.8. The molecule has 0 saturated carbocycles. The van der Waals surface area contributed by atoms with Gasteiger partial charge in [-0.15, -0.1) is 0 Å². The van der Waals surface area contributed by atoms with E-state index < -0.39 is 0 Å². The predicted molar refractivity (Wildman–Crippen MR) is 110 cm³/mol. The fourth-order valence-electron chi connectivity index (χ4n) is 2.62. The van der Waals surface area contributed by atoms with E-state index in [1.807, 2.05) is 12.1 Å². The van der Waals surface area contributed by atoms with E-state index in [4.69, 9.17) is 27.9 Å². The lowest BCUT2D eigenvalue weighted by atomic mass is 10.2. The molecule has 0 amide bonds. The van der Waals surface area contributed by atoms with E-state index in [9.17, 15) is 4.79 Å². The molecular weight excluding hydrogens is 387 g/mol. The first-order valence-electron chi connectivity index (χ1n) is 8.33. The fourth-order valence-corrected chi connectivity index (χ4v) is 3.11. The number of rotatable bonds is 7. The van der Waals surface area contributed by atoms with E-state index in [1.165, 1.54) is 6.21 Å². The number of hydrazone groups is 1. The topological polar surface area (TPSA) is 68.5 Å². The van der Waals surface area contributed by atoms with Crippen LogP contribution in [0.2, 0.25) is 10.0 Å². The molecule has 0 fully saturated rings. The number of ether oxygens (including phenoxy) is 1. The smallest absolute Gasteiger partial charge is 0.262 e. The normalized spacial score (nSPS) is 11.4. The molecule has 0 spiro atoms. The minimum atomic E-state index is -0.134. The van der Waals surface area contributed by atoms with Gasteiger partial charge in [-0.05, 0) is 30.7 Å². The molecule has 140 valence electrons. The zero-order valence-electron chi connectivity index (χ0n) is 14.7. The van der Waals surface area contributed by atoms with Crippen molar-refractivity contribution < 1.29 is 4.74 Å². The van der Waals surface area contributed by atoms with Gasteiger partial charge in [0.25, 0.3) is 5.56 Å². The number of benzene rings is 2. The number of hydrogen-bond acceptors (Lipinski definition) is 5. The predicted octanol–water partition coefficient (Wildman–Crippen LogP) is 4.19. The van der Waals surface area contributed by atoms with Crippen LogP contribution in [0.3, 0.4) is 0 Å². The van der Waals surface area contributed by atoms with Crippen LogP contribution in [0.5, 0.6) is 0 Å². The first-order chi connectivity index (χ1) is 13.1. The largest absolute Gasteiger partial charge is 0.385 e. The molecule has 3 rings (SSSR count). The summed E-state index contributed by atoms with van der Waals surface area (Å²) in [5, 5.41) is 5.69. The van der Waals surface area contributed by atoms with Gasteiger partial charge in [0.1, 0.15) is 0 Å². The molecule has 27 heavy (non-hydrogen) atoms. The lowest BCUT2D eigenvalue weighted by Gasteiger charge is -2.12. The molecule has 0 aliphatic rings. The first kappa shape index (κ1) is 19.4. The summed E-state index contributed by atoms with van der Waals surface area (Å²) in [7, 11) is 1.62. The van der Waals surface area contributed by atoms with Crippen molar-refractivity contribution in [2.75, 3.05) is 19.1 Å². The molecule has 8 heteroatoms. The third-order valence-electron chi connectivity index (χ3n) is 3.95. The van der Waals surface area contributed by atoms with Crippen LogP contribution < -0.4 is 11.0 Å². The van der Waals surface area contributed by atoms with Gasteiger partial charge in [-0.25, -0.2) is 10.4 Å². The Morgan fingerprint density at radius 2 is 1.93 bits per heavy atom. The molecule has 1 heterocycles. The summed E-state index contributed by atoms with van der Waals surface area (Å²) in [6.07, 6.45) is 2.18. The Labute approximate surface area is 166 Å². The molecule has 0 radical (unpaired) electrons. The highest BCUT2D eigenvalue weighted by molar-refractivity contribution is 6.38. The summed E-state index contributed by atoms with van der Waals surface area (Å²) in [6, 6.07) is 12.4. The summed E-state index contributed by atoms with van der Waals surface area (Å²) in [5.41, 5.74) is 3.89. The number of hydrogen-bond donors (Lipinski definition) is 1. The van der Waals surface area contributed by atoms with E-state index >= 15 is 0 Å². The van der Waals surface area contributed by atoms with Crippen molar-refractivity contribution in [2.45, 2.75) is 13.0 Å². The number of halogens is 2. The van der Waals surface area contributed by atoms with Crippen molar-refractivity contribution in [3.8, 4) is 0 Å². The lowest BCUT2D eigenvalue weighted by molar-refractivity contribution is 0.190. The molecule has 0 saturated heterocycles. The minimum Gasteiger partial charge on any atom is -0.385 e. The molecule has 3 aromatic rings. The van der Waals surface area contributed by atoms with E-state index in [0.29, 0.717) is 52.0 Å². The number of methoxy groups -OCH3 is 1. The molecule has 2 aromatic carbocycles. The van der Waals surface area contributed by atoms with Crippen LogP contribution in [0.25, 0.3) is 10.9 Å². The van der Waals surface area contributed by atoms with Gasteiger partial charge in [0.2, 0.25) is 5.95 Å². The van der Waals surface area contributed by atoms with Crippen LogP contribution in [-0.2, 0) is 11.3 Å². The van der Waals surface area contributed by atoms with E-state index in [1.54, 1.807) is 42.0 Å². The van der Waals surface area contributed by atoms with Crippen molar-refractivity contribution in [2.24, 2.45) is 5.10 Å². The van der Waals surface area contributed by atoms with Crippen LogP contribution in [-0.4, -0.2) is 29.5 Å². The zero-order chi connectivity index (χ0) is 19.2. The number of anilines is 1. The van der Waals surface area contributed by atoms with Gasteiger partial charge in [0.05, 0.1) is 27.2 Å². The van der Waals surface area contributed by atoms with Crippen LogP contribution in [0, 0.1) is 0 Å². The minimum absolute atomic E-state index is 0.134. The fraction of sp³-hybridized carbons (Fsp3) is 0.211. The zero-order valence-corrected chi connectivity index (χ0v) is 16.2. The number of para-hydroxylation sites is 1. The molecule has 0 bridgehead atoms. The quantitative estimate of drug-likeness (QED) is 0.364. The van der Waals surface area contributed by atoms with E-state index in [0.717, 1.165) is 0 Å². The summed E-state index contributed by atoms with van der Waals surface area (Å²) in [6.45, 7) is 0.992. The SMILES string of the molecule is COCCCn1c(N/N=C\c2c(Cl)cccc2Cl)nc2ccccc2c1=O. The summed E-state index contributed by atoms with van der Waals surface area (Å²) < 4.78 is 6.63. The molecule has 0 unspecified atom stereocenters. The second kappa shape index (κ2) is 8.99. The van der Waals surface area contributed by atoms with Crippen molar-refractivity contribution in [3.63, 3.8) is 0 Å². The Morgan fingerprint density at radius 3 is 2.67 bits per heavy atom. The Bertz CT molecular complexity index is 1010. The summed E-state index contributed by atoms with van der Waals surface area (Å²) >= 11 is 12.3. The highest BCUT2D eigenvalue weighted by atomic mass is 35.5. The van der Waals surface area contributed by atoms with Crippen molar-refractivity contribution in [1.29, 1.82) is 0 Å². The van der Waals surface area contributed by atoms with Crippen LogP contribution in [0.4, 0.5) is 5.95 Å². The van der Waals surface area contributed by atoms with Gasteiger partial charge < -0.3 is 4.74 Å². The van der Waals surface area contributed by atoms with Gasteiger partial charge in [-0.3, -0.25) is 9.36 Å². The summed E-state index contributed by atoms with van der Waals surface area (Å²) in [5.74, 6) is 0.342. The highest BCUT2D eigenvalue weighted by Gasteiger charge is 2.10. The molecular formula is C19H18Cl2N4O2. The van der Waals surface area contributed by atoms with Gasteiger partial charge in [0.15, 0.2) is 0 Å². The van der Waals surface area contributed by atoms with Gasteiger partial charge in [-0.2, -0.15) is 5.10 Å². The lowest BCUT2D eigenvalue weighted by Crippen LogP contribution is -2.24. The van der Waals surface area contributed by atoms with Crippen LogP contribution in [0.1, 0.15) is 12.0 Å². The maximum Gasteiger partial charge on any atom is 0.262 e. The molecule has 1 N–H and O–H groups in total. The van der Waals surface area contributed by atoms with E-state index in [-0.39, 0.29) is 5.56 Å². The molecule has 6 nitrogen and oxygen atoms in total. The average molecular weight is 405 g/mol. The molecule has 1 aromatic heterocycles. The molecule has 0 atom stereocenters. The molecule has 0 aliphatic heterocycles. The first-order valence-corrected chi connectivity index (χ1v) is 9.09. The number of fused-ring (bicyclic) bond motifs is 1.